The smallest absolute Gasteiger partial charge is 0.276 e. The van der Waals surface area contributed by atoms with Crippen molar-refractivity contribution < 1.29 is 14.4 Å². The van der Waals surface area contributed by atoms with Crippen LogP contribution in [0.4, 0.5) is 10.5 Å². The molecule has 7 heteroatoms. The molecule has 1 spiro atoms. The molecule has 2 aliphatic rings. The van der Waals surface area contributed by atoms with E-state index in [0.29, 0.717) is 17.3 Å². The van der Waals surface area contributed by atoms with Crippen LogP contribution in [-0.4, -0.2) is 17.8 Å². The number of halogens is 2. The predicted octanol–water partition coefficient (Wildman–Crippen LogP) is 2.47. The molecule has 1 N–H and O–H groups in total. The maximum atomic E-state index is 12.4. The third kappa shape index (κ3) is 1.78. The number of benzene rings is 1. The van der Waals surface area contributed by atoms with Gasteiger partial charge in [0.05, 0.1) is 10.7 Å². The van der Waals surface area contributed by atoms with Crippen LogP contribution in [0.5, 0.6) is 0 Å². The number of hydrogen-bond donors (Lipinski definition) is 1. The molecule has 1 heterocycles. The van der Waals surface area contributed by atoms with E-state index in [1.54, 1.807) is 18.2 Å². The highest BCUT2D eigenvalue weighted by Crippen LogP contribution is 2.50. The minimum Gasteiger partial charge on any atom is -0.276 e. The second kappa shape index (κ2) is 4.05. The summed E-state index contributed by atoms with van der Waals surface area (Å²) in [5.41, 5.74) is -0.795. The number of hydrogen-bond acceptors (Lipinski definition) is 3. The molecule has 2 fully saturated rings. The van der Waals surface area contributed by atoms with Gasteiger partial charge in [-0.3, -0.25) is 14.9 Å². The normalized spacial score (nSPS) is 20.7. The molecule has 98 valence electrons. The van der Waals surface area contributed by atoms with Crippen LogP contribution in [0.1, 0.15) is 12.8 Å². The van der Waals surface area contributed by atoms with Crippen molar-refractivity contribution in [1.29, 1.82) is 0 Å². The van der Waals surface area contributed by atoms with Crippen molar-refractivity contribution >= 4 is 51.1 Å². The maximum Gasteiger partial charge on any atom is 0.335 e. The minimum atomic E-state index is -1.07. The molecule has 0 radical (unpaired) electrons. The Morgan fingerprint density at radius 3 is 2.58 bits per heavy atom. The minimum absolute atomic E-state index is 0.275. The van der Waals surface area contributed by atoms with Crippen molar-refractivity contribution in [2.45, 2.75) is 12.8 Å². The molecule has 3 rings (SSSR count). The highest BCUT2D eigenvalue weighted by atomic mass is 79.9. The zero-order valence-electron chi connectivity index (χ0n) is 9.57. The number of barbiturate groups is 1. The van der Waals surface area contributed by atoms with Gasteiger partial charge in [0.1, 0.15) is 5.41 Å². The van der Waals surface area contributed by atoms with Gasteiger partial charge in [0, 0.05) is 4.47 Å². The molecule has 0 unspecified atom stereocenters. The lowest BCUT2D eigenvalue weighted by Gasteiger charge is -2.30. The monoisotopic (exact) mass is 342 g/mol. The van der Waals surface area contributed by atoms with Crippen LogP contribution < -0.4 is 10.2 Å². The van der Waals surface area contributed by atoms with E-state index in [2.05, 4.69) is 21.2 Å². The SMILES string of the molecule is O=C1NC(=O)C2(CC2)C(=O)N1c1cc(Br)ccc1Cl. The number of imide groups is 2. The molecule has 5 nitrogen and oxygen atoms in total. The highest BCUT2D eigenvalue weighted by molar-refractivity contribution is 9.10. The van der Waals surface area contributed by atoms with E-state index in [1.165, 1.54) is 0 Å². The van der Waals surface area contributed by atoms with Gasteiger partial charge in [-0.15, -0.1) is 0 Å². The molecule has 0 atom stereocenters. The van der Waals surface area contributed by atoms with Crippen molar-refractivity contribution in [3.8, 4) is 0 Å². The topological polar surface area (TPSA) is 66.5 Å². The first-order valence-corrected chi connectivity index (χ1v) is 6.78. The van der Waals surface area contributed by atoms with E-state index < -0.39 is 23.3 Å². The zero-order valence-corrected chi connectivity index (χ0v) is 11.9. The van der Waals surface area contributed by atoms with Crippen LogP contribution in [0.3, 0.4) is 0 Å². The van der Waals surface area contributed by atoms with Gasteiger partial charge in [0.25, 0.3) is 5.91 Å². The van der Waals surface area contributed by atoms with Crippen molar-refractivity contribution in [3.05, 3.63) is 27.7 Å². The van der Waals surface area contributed by atoms with Gasteiger partial charge < -0.3 is 0 Å². The van der Waals surface area contributed by atoms with Gasteiger partial charge in [-0.1, -0.05) is 27.5 Å². The van der Waals surface area contributed by atoms with Gasteiger partial charge in [0.2, 0.25) is 5.91 Å². The Balaban J connectivity index is 2.08. The van der Waals surface area contributed by atoms with Gasteiger partial charge >= 0.3 is 6.03 Å². The molecular formula is C12H8BrClN2O3. The van der Waals surface area contributed by atoms with Gasteiger partial charge in [-0.2, -0.15) is 0 Å². The third-order valence-corrected chi connectivity index (χ3v) is 4.18. The van der Waals surface area contributed by atoms with E-state index in [9.17, 15) is 14.4 Å². The van der Waals surface area contributed by atoms with Crippen molar-refractivity contribution in [1.82, 2.24) is 5.32 Å². The molecule has 1 saturated heterocycles. The molecule has 1 saturated carbocycles. The fourth-order valence-corrected chi connectivity index (χ4v) is 2.67. The molecule has 0 bridgehead atoms. The number of carbonyl (C=O) groups excluding carboxylic acids is 3. The number of nitrogens with zero attached hydrogens (tertiary/aromatic N) is 1. The summed E-state index contributed by atoms with van der Waals surface area (Å²) in [7, 11) is 0. The van der Waals surface area contributed by atoms with E-state index in [4.69, 9.17) is 11.6 Å². The van der Waals surface area contributed by atoms with Crippen LogP contribution >= 0.6 is 27.5 Å². The number of nitrogens with one attached hydrogen (secondary N) is 1. The number of carbonyl (C=O) groups is 3. The fourth-order valence-electron chi connectivity index (χ4n) is 2.12. The summed E-state index contributed by atoms with van der Waals surface area (Å²) < 4.78 is 0.689. The quantitative estimate of drug-likeness (QED) is 0.797. The summed E-state index contributed by atoms with van der Waals surface area (Å²) in [5, 5.41) is 2.49. The van der Waals surface area contributed by atoms with E-state index in [-0.39, 0.29) is 10.7 Å². The first kappa shape index (κ1) is 12.6. The van der Waals surface area contributed by atoms with Gasteiger partial charge in [0.15, 0.2) is 0 Å². The van der Waals surface area contributed by atoms with Gasteiger partial charge in [-0.25, -0.2) is 9.69 Å². The Bertz CT molecular complexity index is 627. The lowest BCUT2D eigenvalue weighted by atomic mass is 10.0. The molecule has 1 aromatic rings. The van der Waals surface area contributed by atoms with Crippen LogP contribution in [0, 0.1) is 5.41 Å². The molecule has 0 aromatic heterocycles. The number of rotatable bonds is 1. The molecule has 1 aliphatic carbocycles. The number of urea groups is 1. The molecule has 4 amide bonds. The lowest BCUT2D eigenvalue weighted by molar-refractivity contribution is -0.136. The third-order valence-electron chi connectivity index (χ3n) is 3.37. The average Bonchev–Trinajstić information content (AvgIpc) is 3.13. The first-order valence-electron chi connectivity index (χ1n) is 5.61. The Morgan fingerprint density at radius 2 is 1.95 bits per heavy atom. The summed E-state index contributed by atoms with van der Waals surface area (Å²) in [6.07, 6.45) is 0.931. The number of amides is 4. The second-order valence-corrected chi connectivity index (χ2v) is 5.90. The Labute approximate surface area is 122 Å². The Morgan fingerprint density at radius 1 is 1.26 bits per heavy atom. The molecule has 19 heavy (non-hydrogen) atoms. The second-order valence-electron chi connectivity index (χ2n) is 4.58. The van der Waals surface area contributed by atoms with E-state index in [1.807, 2.05) is 0 Å². The zero-order chi connectivity index (χ0) is 13.8. The van der Waals surface area contributed by atoms with Crippen LogP contribution in [-0.2, 0) is 9.59 Å². The maximum absolute atomic E-state index is 12.4. The molecular weight excluding hydrogens is 336 g/mol. The van der Waals surface area contributed by atoms with Crippen molar-refractivity contribution in [2.24, 2.45) is 5.41 Å². The van der Waals surface area contributed by atoms with Crippen LogP contribution in [0.25, 0.3) is 0 Å². The summed E-state index contributed by atoms with van der Waals surface area (Å²) >= 11 is 9.29. The summed E-state index contributed by atoms with van der Waals surface area (Å²) in [6.45, 7) is 0. The van der Waals surface area contributed by atoms with Crippen molar-refractivity contribution in [2.75, 3.05) is 4.90 Å². The summed E-state index contributed by atoms with van der Waals surface area (Å²) in [4.78, 5) is 36.9. The van der Waals surface area contributed by atoms with Crippen LogP contribution in [0.2, 0.25) is 5.02 Å². The highest BCUT2D eigenvalue weighted by Gasteiger charge is 2.62. The molecule has 1 aromatic carbocycles. The van der Waals surface area contributed by atoms with Crippen LogP contribution in [0.15, 0.2) is 22.7 Å². The largest absolute Gasteiger partial charge is 0.335 e. The lowest BCUT2D eigenvalue weighted by Crippen LogP contribution is -2.59. The first-order chi connectivity index (χ1) is 8.95. The predicted molar refractivity (Wildman–Crippen MR) is 71.8 cm³/mol. The fraction of sp³-hybridized carbons (Fsp3) is 0.250. The van der Waals surface area contributed by atoms with Gasteiger partial charge in [-0.05, 0) is 31.0 Å². The molecule has 1 aliphatic heterocycles. The summed E-state index contributed by atoms with van der Waals surface area (Å²) in [6, 6.07) is 4.10. The van der Waals surface area contributed by atoms with E-state index in [0.717, 1.165) is 4.90 Å². The Kier molecular flexibility index (Phi) is 2.69. The Hall–Kier alpha value is -1.40. The van der Waals surface area contributed by atoms with E-state index >= 15 is 0 Å². The van der Waals surface area contributed by atoms with Crippen molar-refractivity contribution in [3.63, 3.8) is 0 Å². The average molecular weight is 344 g/mol. The standard InChI is InChI=1S/C12H8BrClN2O3/c13-6-1-2-7(14)8(5-6)16-10(18)12(3-4-12)9(17)15-11(16)19/h1-2,5H,3-4H2,(H,15,17,19). The summed E-state index contributed by atoms with van der Waals surface area (Å²) in [5.74, 6) is -1.01. The number of anilines is 1.